The van der Waals surface area contributed by atoms with Gasteiger partial charge < -0.3 is 15.0 Å². The van der Waals surface area contributed by atoms with Crippen LogP contribution in [0, 0.1) is 5.92 Å². The van der Waals surface area contributed by atoms with Gasteiger partial charge in [-0.05, 0) is 76.4 Å². The molecule has 0 radical (unpaired) electrons. The van der Waals surface area contributed by atoms with Crippen LogP contribution in [0.1, 0.15) is 58.6 Å². The molecule has 1 saturated heterocycles. The van der Waals surface area contributed by atoms with Crippen LogP contribution in [0.2, 0.25) is 0 Å². The summed E-state index contributed by atoms with van der Waals surface area (Å²) in [6.07, 6.45) is 2.95. The largest absolute Gasteiger partial charge is 0.490 e. The highest BCUT2D eigenvalue weighted by molar-refractivity contribution is 6.54. The van der Waals surface area contributed by atoms with Crippen molar-refractivity contribution < 1.29 is 9.31 Å². The highest BCUT2D eigenvalue weighted by Gasteiger charge is 2.54. The van der Waals surface area contributed by atoms with Crippen molar-refractivity contribution in [2.45, 2.75) is 70.6 Å². The molecule has 0 amide bonds. The van der Waals surface area contributed by atoms with Crippen LogP contribution in [0.5, 0.6) is 0 Å². The fourth-order valence-corrected chi connectivity index (χ4v) is 4.18. The summed E-state index contributed by atoms with van der Waals surface area (Å²) >= 11 is 0. The Labute approximate surface area is 182 Å². The molecule has 3 rings (SSSR count). The van der Waals surface area contributed by atoms with Crippen molar-refractivity contribution in [3.8, 4) is 0 Å². The normalized spacial score (nSPS) is 20.5. The third-order valence-corrected chi connectivity index (χ3v) is 6.92. The molecule has 0 aromatic heterocycles. The molecule has 1 heterocycles. The quantitative estimate of drug-likeness (QED) is 0.574. The Balaban J connectivity index is 1.83. The molecule has 4 heteroatoms. The first-order valence-corrected chi connectivity index (χ1v) is 11.0. The number of benzene rings is 2. The summed E-state index contributed by atoms with van der Waals surface area (Å²) in [6, 6.07) is 20.9. The van der Waals surface area contributed by atoms with E-state index in [4.69, 9.17) is 15.0 Å². The molecule has 30 heavy (non-hydrogen) atoms. The summed E-state index contributed by atoms with van der Waals surface area (Å²) in [7, 11) is -0.455. The molecule has 1 aliphatic heterocycles. The summed E-state index contributed by atoms with van der Waals surface area (Å²) in [4.78, 5) is 0. The maximum atomic E-state index is 6.99. The van der Waals surface area contributed by atoms with E-state index >= 15 is 0 Å². The lowest BCUT2D eigenvalue weighted by atomic mass is 9.62. The monoisotopic (exact) mass is 405 g/mol. The molecule has 3 nitrogen and oxygen atoms in total. The van der Waals surface area contributed by atoms with Crippen molar-refractivity contribution >= 4 is 7.12 Å². The van der Waals surface area contributed by atoms with Gasteiger partial charge in [0.25, 0.3) is 0 Å². The summed E-state index contributed by atoms with van der Waals surface area (Å²) in [5, 5.41) is 0. The van der Waals surface area contributed by atoms with Gasteiger partial charge in [-0.3, -0.25) is 0 Å². The van der Waals surface area contributed by atoms with Gasteiger partial charge in [0, 0.05) is 5.54 Å². The minimum atomic E-state index is -0.571. The standard InChI is InChI=1S/C26H36BNO2/c1-20(27-29-24(2,3)25(4,5)30-27)23(19-13-16-21-14-9-7-10-15-21)26(6,28)22-17-11-8-12-18-22/h7-12,14-15,17-18,23H,1,13,16,19,28H2,2-6H3/t23-,26-/m0/s1. The van der Waals surface area contributed by atoms with Crippen LogP contribution in [-0.4, -0.2) is 18.3 Å². The lowest BCUT2D eigenvalue weighted by Crippen LogP contribution is -2.45. The van der Waals surface area contributed by atoms with Crippen LogP contribution in [-0.2, 0) is 21.3 Å². The average Bonchev–Trinajstić information content (AvgIpc) is 2.93. The molecule has 0 bridgehead atoms. The second-order valence-electron chi connectivity index (χ2n) is 9.74. The van der Waals surface area contributed by atoms with Gasteiger partial charge in [-0.1, -0.05) is 60.7 Å². The first-order valence-electron chi connectivity index (χ1n) is 11.0. The molecule has 2 aromatic rings. The van der Waals surface area contributed by atoms with Crippen molar-refractivity contribution in [1.29, 1.82) is 0 Å². The van der Waals surface area contributed by atoms with Crippen molar-refractivity contribution in [3.63, 3.8) is 0 Å². The van der Waals surface area contributed by atoms with E-state index in [1.54, 1.807) is 0 Å². The number of hydrogen-bond donors (Lipinski definition) is 1. The first kappa shape index (κ1) is 22.8. The molecule has 0 spiro atoms. The minimum absolute atomic E-state index is 0.0262. The fourth-order valence-electron chi connectivity index (χ4n) is 4.18. The maximum absolute atomic E-state index is 6.99. The van der Waals surface area contributed by atoms with Crippen LogP contribution in [0.3, 0.4) is 0 Å². The Morgan fingerprint density at radius 2 is 1.47 bits per heavy atom. The van der Waals surface area contributed by atoms with E-state index in [1.165, 1.54) is 5.56 Å². The summed E-state index contributed by atoms with van der Waals surface area (Å²) in [5.74, 6) is 0.0262. The first-order chi connectivity index (χ1) is 14.0. The topological polar surface area (TPSA) is 44.5 Å². The van der Waals surface area contributed by atoms with Crippen LogP contribution in [0.25, 0.3) is 0 Å². The van der Waals surface area contributed by atoms with Gasteiger partial charge in [-0.25, -0.2) is 0 Å². The van der Waals surface area contributed by atoms with Crippen LogP contribution >= 0.6 is 0 Å². The van der Waals surface area contributed by atoms with E-state index < -0.39 is 23.9 Å². The number of aryl methyl sites for hydroxylation is 1. The zero-order valence-corrected chi connectivity index (χ0v) is 19.2. The van der Waals surface area contributed by atoms with E-state index in [-0.39, 0.29) is 5.92 Å². The van der Waals surface area contributed by atoms with Gasteiger partial charge in [0.2, 0.25) is 0 Å². The summed E-state index contributed by atoms with van der Waals surface area (Å²) in [5.41, 5.74) is 9.00. The lowest BCUT2D eigenvalue weighted by Gasteiger charge is -2.37. The van der Waals surface area contributed by atoms with Crippen LogP contribution in [0.4, 0.5) is 0 Å². The number of hydrogen-bond acceptors (Lipinski definition) is 3. The Morgan fingerprint density at radius 1 is 0.967 bits per heavy atom. The second kappa shape index (κ2) is 8.70. The maximum Gasteiger partial charge on any atom is 0.490 e. The van der Waals surface area contributed by atoms with Crippen molar-refractivity contribution in [2.24, 2.45) is 11.7 Å². The van der Waals surface area contributed by atoms with Gasteiger partial charge in [-0.15, -0.1) is 6.58 Å². The lowest BCUT2D eigenvalue weighted by molar-refractivity contribution is 0.00578. The van der Waals surface area contributed by atoms with Gasteiger partial charge in [-0.2, -0.15) is 0 Å². The van der Waals surface area contributed by atoms with Crippen molar-refractivity contribution in [3.05, 3.63) is 83.8 Å². The molecule has 0 unspecified atom stereocenters. The van der Waals surface area contributed by atoms with Gasteiger partial charge in [0.05, 0.1) is 11.2 Å². The summed E-state index contributed by atoms with van der Waals surface area (Å²) in [6.45, 7) is 14.9. The predicted octanol–water partition coefficient (Wildman–Crippen LogP) is 5.69. The average molecular weight is 405 g/mol. The molecular weight excluding hydrogens is 369 g/mol. The Hall–Kier alpha value is -1.88. The van der Waals surface area contributed by atoms with Crippen LogP contribution in [0.15, 0.2) is 72.7 Å². The van der Waals surface area contributed by atoms with E-state index in [1.807, 2.05) is 18.2 Å². The Bertz CT molecular complexity index is 830. The molecule has 2 N–H and O–H groups in total. The minimum Gasteiger partial charge on any atom is -0.400 e. The smallest absolute Gasteiger partial charge is 0.400 e. The molecule has 2 aromatic carbocycles. The van der Waals surface area contributed by atoms with E-state index in [9.17, 15) is 0 Å². The van der Waals surface area contributed by atoms with E-state index in [2.05, 4.69) is 83.7 Å². The molecule has 160 valence electrons. The molecule has 2 atom stereocenters. The zero-order valence-electron chi connectivity index (χ0n) is 19.2. The van der Waals surface area contributed by atoms with Gasteiger partial charge in [0.15, 0.2) is 0 Å². The predicted molar refractivity (Wildman–Crippen MR) is 126 cm³/mol. The van der Waals surface area contributed by atoms with E-state index in [0.29, 0.717) is 0 Å². The zero-order chi connectivity index (χ0) is 22.0. The van der Waals surface area contributed by atoms with Crippen LogP contribution < -0.4 is 5.73 Å². The fraction of sp³-hybridized carbons (Fsp3) is 0.462. The van der Waals surface area contributed by atoms with Crippen molar-refractivity contribution in [2.75, 3.05) is 0 Å². The second-order valence-corrected chi connectivity index (χ2v) is 9.74. The molecule has 0 aliphatic carbocycles. The molecular formula is C26H36BNO2. The van der Waals surface area contributed by atoms with E-state index in [0.717, 1.165) is 30.3 Å². The number of nitrogens with two attached hydrogens (primary N) is 1. The Morgan fingerprint density at radius 3 is 2.00 bits per heavy atom. The van der Waals surface area contributed by atoms with Gasteiger partial charge >= 0.3 is 7.12 Å². The third kappa shape index (κ3) is 4.72. The van der Waals surface area contributed by atoms with Gasteiger partial charge in [0.1, 0.15) is 0 Å². The Kier molecular flexibility index (Phi) is 6.61. The SMILES string of the molecule is C=C(B1OC(C)(C)C(C)(C)O1)[C@H](CCCc1ccccc1)[C@@](C)(N)c1ccccc1. The summed E-state index contributed by atoms with van der Waals surface area (Å²) < 4.78 is 12.7. The number of rotatable bonds is 8. The molecule has 1 fully saturated rings. The highest BCUT2D eigenvalue weighted by Crippen LogP contribution is 2.43. The molecule has 0 saturated carbocycles. The third-order valence-electron chi connectivity index (χ3n) is 6.92. The molecule has 1 aliphatic rings. The highest BCUT2D eigenvalue weighted by atomic mass is 16.7. The van der Waals surface area contributed by atoms with Crippen molar-refractivity contribution in [1.82, 2.24) is 0 Å².